The number of esters is 1. The van der Waals surface area contributed by atoms with Crippen LogP contribution in [0.25, 0.3) is 11.3 Å². The number of ether oxygens (including phenoxy) is 2. The number of amides is 1. The van der Waals surface area contributed by atoms with Gasteiger partial charge in [-0.3, -0.25) is 4.79 Å². The summed E-state index contributed by atoms with van der Waals surface area (Å²) in [7, 11) is 2.73. The predicted octanol–water partition coefficient (Wildman–Crippen LogP) is 0.366. The van der Waals surface area contributed by atoms with Crippen molar-refractivity contribution in [2.24, 2.45) is 5.73 Å². The van der Waals surface area contributed by atoms with Crippen molar-refractivity contribution in [3.8, 4) is 17.0 Å². The Hall–Kier alpha value is -2.90. The summed E-state index contributed by atoms with van der Waals surface area (Å²) in [6, 6.07) is 4.63. The number of nitrogens with zero attached hydrogens (tertiary/aromatic N) is 2. The molecule has 1 aromatic heterocycles. The van der Waals surface area contributed by atoms with Gasteiger partial charge in [-0.25, -0.2) is 4.79 Å². The summed E-state index contributed by atoms with van der Waals surface area (Å²) in [6.45, 7) is 0. The Morgan fingerprint density at radius 2 is 1.95 bits per heavy atom. The van der Waals surface area contributed by atoms with Crippen molar-refractivity contribution in [3.05, 3.63) is 29.5 Å². The molecule has 2 rings (SSSR count). The lowest BCUT2D eigenvalue weighted by Gasteiger charge is -2.07. The summed E-state index contributed by atoms with van der Waals surface area (Å²) in [4.78, 5) is 22.9. The number of rotatable bonds is 4. The second-order valence-corrected chi connectivity index (χ2v) is 3.83. The van der Waals surface area contributed by atoms with Crippen LogP contribution < -0.4 is 10.5 Å². The first-order valence-corrected chi connectivity index (χ1v) is 5.55. The molecule has 104 valence electrons. The molecule has 0 aliphatic rings. The lowest BCUT2D eigenvalue weighted by Crippen LogP contribution is -2.13. The number of hydrogen-bond donors (Lipinski definition) is 2. The zero-order chi connectivity index (χ0) is 14.7. The smallest absolute Gasteiger partial charge is 0.338 e. The first-order chi connectivity index (χ1) is 9.56. The summed E-state index contributed by atoms with van der Waals surface area (Å²) in [5, 5.41) is 9.86. The van der Waals surface area contributed by atoms with Crippen LogP contribution in [-0.4, -0.2) is 41.5 Å². The third-order valence-corrected chi connectivity index (χ3v) is 2.62. The molecule has 0 saturated carbocycles. The number of primary amides is 1. The number of carbonyl (C=O) groups is 2. The number of aromatic amines is 1. The van der Waals surface area contributed by atoms with Gasteiger partial charge in [0.15, 0.2) is 5.69 Å². The van der Waals surface area contributed by atoms with E-state index >= 15 is 0 Å². The van der Waals surface area contributed by atoms with E-state index in [2.05, 4.69) is 20.1 Å². The Labute approximate surface area is 113 Å². The predicted molar refractivity (Wildman–Crippen MR) is 68.2 cm³/mol. The van der Waals surface area contributed by atoms with E-state index in [-0.39, 0.29) is 17.0 Å². The fraction of sp³-hybridized carbons (Fsp3) is 0.167. The van der Waals surface area contributed by atoms with Crippen LogP contribution in [0.5, 0.6) is 5.75 Å². The fourth-order valence-corrected chi connectivity index (χ4v) is 1.69. The molecule has 2 aromatic rings. The van der Waals surface area contributed by atoms with Crippen LogP contribution in [0.2, 0.25) is 0 Å². The molecule has 8 nitrogen and oxygen atoms in total. The number of H-pyrrole nitrogens is 1. The maximum atomic E-state index is 11.6. The maximum absolute atomic E-state index is 11.6. The van der Waals surface area contributed by atoms with E-state index in [0.29, 0.717) is 11.3 Å². The van der Waals surface area contributed by atoms with Gasteiger partial charge >= 0.3 is 5.97 Å². The number of benzene rings is 1. The second kappa shape index (κ2) is 5.39. The van der Waals surface area contributed by atoms with Gasteiger partial charge in [-0.05, 0) is 18.2 Å². The molecule has 0 unspecified atom stereocenters. The maximum Gasteiger partial charge on any atom is 0.338 e. The Balaban J connectivity index is 2.58. The summed E-state index contributed by atoms with van der Waals surface area (Å²) < 4.78 is 9.76. The van der Waals surface area contributed by atoms with Crippen LogP contribution in [0.3, 0.4) is 0 Å². The van der Waals surface area contributed by atoms with Crippen molar-refractivity contribution in [1.29, 1.82) is 0 Å². The Bertz CT molecular complexity index is 665. The van der Waals surface area contributed by atoms with Crippen LogP contribution in [-0.2, 0) is 4.74 Å². The molecule has 20 heavy (non-hydrogen) atoms. The van der Waals surface area contributed by atoms with E-state index in [1.54, 1.807) is 6.07 Å². The summed E-state index contributed by atoms with van der Waals surface area (Å²) in [5.74, 6) is -0.841. The Kier molecular flexibility index (Phi) is 3.65. The molecular weight excluding hydrogens is 264 g/mol. The topological polar surface area (TPSA) is 120 Å². The molecule has 0 aliphatic heterocycles. The second-order valence-electron chi connectivity index (χ2n) is 3.83. The molecule has 1 amide bonds. The van der Waals surface area contributed by atoms with Gasteiger partial charge in [-0.1, -0.05) is 0 Å². The fourth-order valence-electron chi connectivity index (χ4n) is 1.69. The standard InChI is InChI=1S/C12H12N4O4/c1-19-8-4-6(3-7(5-8)12(18)20-2)9-10(11(13)17)15-16-14-9/h3-5H,1-2H3,(H2,13,17)(H,14,15,16). The average Bonchev–Trinajstić information content (AvgIpc) is 2.95. The highest BCUT2D eigenvalue weighted by molar-refractivity contribution is 5.98. The molecule has 0 atom stereocenters. The van der Waals surface area contributed by atoms with Crippen LogP contribution >= 0.6 is 0 Å². The van der Waals surface area contributed by atoms with Crippen LogP contribution in [0, 0.1) is 0 Å². The Morgan fingerprint density at radius 1 is 1.20 bits per heavy atom. The summed E-state index contributed by atoms with van der Waals surface area (Å²) in [6.07, 6.45) is 0. The molecule has 0 radical (unpaired) electrons. The van der Waals surface area contributed by atoms with Crippen molar-refractivity contribution >= 4 is 11.9 Å². The molecule has 0 aliphatic carbocycles. The third-order valence-electron chi connectivity index (χ3n) is 2.62. The Morgan fingerprint density at radius 3 is 2.55 bits per heavy atom. The minimum Gasteiger partial charge on any atom is -0.497 e. The number of carbonyl (C=O) groups excluding carboxylic acids is 2. The molecule has 0 fully saturated rings. The minimum atomic E-state index is -0.726. The quantitative estimate of drug-likeness (QED) is 0.778. The van der Waals surface area contributed by atoms with E-state index in [4.69, 9.17) is 10.5 Å². The number of hydrogen-bond acceptors (Lipinski definition) is 6. The highest BCUT2D eigenvalue weighted by Gasteiger charge is 2.18. The van der Waals surface area contributed by atoms with Gasteiger partial charge in [0.05, 0.1) is 19.8 Å². The number of nitrogens with one attached hydrogen (secondary N) is 1. The molecule has 3 N–H and O–H groups in total. The van der Waals surface area contributed by atoms with Crippen molar-refractivity contribution in [2.45, 2.75) is 0 Å². The van der Waals surface area contributed by atoms with E-state index in [1.807, 2.05) is 0 Å². The molecule has 0 spiro atoms. The zero-order valence-corrected chi connectivity index (χ0v) is 10.8. The number of aromatic nitrogens is 3. The molecule has 0 saturated heterocycles. The van der Waals surface area contributed by atoms with Crippen LogP contribution in [0.1, 0.15) is 20.8 Å². The average molecular weight is 276 g/mol. The highest BCUT2D eigenvalue weighted by Crippen LogP contribution is 2.26. The monoisotopic (exact) mass is 276 g/mol. The molecule has 8 heteroatoms. The third kappa shape index (κ3) is 2.44. The van der Waals surface area contributed by atoms with Crippen molar-refractivity contribution in [1.82, 2.24) is 15.4 Å². The SMILES string of the molecule is COC(=O)c1cc(OC)cc(-c2n[nH]nc2C(N)=O)c1. The number of methoxy groups -OCH3 is 2. The van der Waals surface area contributed by atoms with Gasteiger partial charge < -0.3 is 15.2 Å². The largest absolute Gasteiger partial charge is 0.497 e. The van der Waals surface area contributed by atoms with Gasteiger partial charge in [-0.2, -0.15) is 15.4 Å². The van der Waals surface area contributed by atoms with E-state index < -0.39 is 11.9 Å². The summed E-state index contributed by atoms with van der Waals surface area (Å²) >= 11 is 0. The lowest BCUT2D eigenvalue weighted by molar-refractivity contribution is 0.0600. The van der Waals surface area contributed by atoms with Gasteiger partial charge in [-0.15, -0.1) is 0 Å². The first kappa shape index (κ1) is 13.5. The molecule has 1 heterocycles. The van der Waals surface area contributed by atoms with Gasteiger partial charge in [0.1, 0.15) is 11.4 Å². The molecule has 0 bridgehead atoms. The number of nitrogens with two attached hydrogens (primary N) is 1. The van der Waals surface area contributed by atoms with Crippen LogP contribution in [0.4, 0.5) is 0 Å². The van der Waals surface area contributed by atoms with Crippen molar-refractivity contribution < 1.29 is 19.1 Å². The zero-order valence-electron chi connectivity index (χ0n) is 10.8. The highest BCUT2D eigenvalue weighted by atomic mass is 16.5. The summed E-state index contributed by atoms with van der Waals surface area (Å²) in [5.41, 5.74) is 6.15. The lowest BCUT2D eigenvalue weighted by atomic mass is 10.1. The first-order valence-electron chi connectivity index (χ1n) is 5.55. The van der Waals surface area contributed by atoms with Gasteiger partial charge in [0, 0.05) is 5.56 Å². The van der Waals surface area contributed by atoms with E-state index in [0.717, 1.165) is 0 Å². The van der Waals surface area contributed by atoms with Crippen LogP contribution in [0.15, 0.2) is 18.2 Å². The minimum absolute atomic E-state index is 0.0194. The normalized spacial score (nSPS) is 10.1. The van der Waals surface area contributed by atoms with Gasteiger partial charge in [0.2, 0.25) is 0 Å². The molecular formula is C12H12N4O4. The van der Waals surface area contributed by atoms with E-state index in [9.17, 15) is 9.59 Å². The van der Waals surface area contributed by atoms with Gasteiger partial charge in [0.25, 0.3) is 5.91 Å². The van der Waals surface area contributed by atoms with E-state index in [1.165, 1.54) is 26.4 Å². The molecule has 1 aromatic carbocycles. The van der Waals surface area contributed by atoms with Crippen molar-refractivity contribution in [2.75, 3.05) is 14.2 Å². The van der Waals surface area contributed by atoms with Crippen molar-refractivity contribution in [3.63, 3.8) is 0 Å².